The molecule has 0 unspecified atom stereocenters. The lowest BCUT2D eigenvalue weighted by Gasteiger charge is -2.36. The highest BCUT2D eigenvalue weighted by atomic mass is 16.1. The first-order valence-electron chi connectivity index (χ1n) is 8.71. The van der Waals surface area contributed by atoms with Crippen LogP contribution < -0.4 is 5.56 Å². The largest absolute Gasteiger partial charge is 0.309 e. The summed E-state index contributed by atoms with van der Waals surface area (Å²) in [5, 5.41) is 0.635. The second-order valence-electron chi connectivity index (χ2n) is 6.61. The fraction of sp³-hybridized carbons (Fsp3) is 0.368. The molecule has 1 fully saturated rings. The second kappa shape index (κ2) is 6.72. The molecule has 3 aromatic rings. The van der Waals surface area contributed by atoms with Crippen molar-refractivity contribution in [3.8, 4) is 0 Å². The molecule has 1 saturated heterocycles. The molecule has 1 aliphatic heterocycles. The van der Waals surface area contributed by atoms with Crippen molar-refractivity contribution in [2.75, 3.05) is 13.1 Å². The molecule has 0 aliphatic carbocycles. The van der Waals surface area contributed by atoms with Crippen LogP contribution in [0.3, 0.4) is 0 Å². The maximum atomic E-state index is 12.3. The van der Waals surface area contributed by atoms with Crippen LogP contribution in [0.2, 0.25) is 0 Å². The molecule has 25 heavy (non-hydrogen) atoms. The molecule has 3 heterocycles. The predicted octanol–water partition coefficient (Wildman–Crippen LogP) is 2.65. The van der Waals surface area contributed by atoms with Crippen LogP contribution in [0.5, 0.6) is 0 Å². The van der Waals surface area contributed by atoms with Crippen molar-refractivity contribution in [1.29, 1.82) is 0 Å². The third-order valence-corrected chi connectivity index (χ3v) is 5.05. The third-order valence-electron chi connectivity index (χ3n) is 5.05. The summed E-state index contributed by atoms with van der Waals surface area (Å²) in [5.41, 5.74) is 1.76. The number of aromatic nitrogens is 4. The van der Waals surface area contributed by atoms with Crippen LogP contribution in [0, 0.1) is 0 Å². The van der Waals surface area contributed by atoms with E-state index in [9.17, 15) is 4.79 Å². The number of rotatable bonds is 3. The topological polar surface area (TPSA) is 74.8 Å². The second-order valence-corrected chi connectivity index (χ2v) is 6.61. The Hall–Kier alpha value is -2.60. The van der Waals surface area contributed by atoms with E-state index < -0.39 is 0 Å². The molecule has 2 atom stereocenters. The quantitative estimate of drug-likeness (QED) is 0.796. The van der Waals surface area contributed by atoms with E-state index in [0.717, 1.165) is 43.0 Å². The van der Waals surface area contributed by atoms with E-state index >= 15 is 0 Å². The van der Waals surface area contributed by atoms with Crippen LogP contribution in [0.25, 0.3) is 10.9 Å². The zero-order valence-corrected chi connectivity index (χ0v) is 14.2. The van der Waals surface area contributed by atoms with Crippen molar-refractivity contribution in [2.45, 2.75) is 31.7 Å². The average molecular weight is 335 g/mol. The number of H-pyrrole nitrogens is 1. The number of likely N-dealkylation sites (tertiary alicyclic amines) is 1. The highest BCUT2D eigenvalue weighted by Gasteiger charge is 2.27. The summed E-state index contributed by atoms with van der Waals surface area (Å²) < 4.78 is 0. The molecule has 2 aromatic heterocycles. The summed E-state index contributed by atoms with van der Waals surface area (Å²) in [5.74, 6) is 1.12. The number of nitrogens with zero attached hydrogens (tertiary/aromatic N) is 4. The van der Waals surface area contributed by atoms with Crippen molar-refractivity contribution in [3.63, 3.8) is 0 Å². The first-order valence-corrected chi connectivity index (χ1v) is 8.71. The van der Waals surface area contributed by atoms with Crippen molar-refractivity contribution in [2.24, 2.45) is 0 Å². The Morgan fingerprint density at radius 1 is 1.28 bits per heavy atom. The zero-order valence-electron chi connectivity index (χ0n) is 14.2. The Morgan fingerprint density at radius 3 is 3.00 bits per heavy atom. The van der Waals surface area contributed by atoms with E-state index in [-0.39, 0.29) is 11.6 Å². The van der Waals surface area contributed by atoms with Gasteiger partial charge in [-0.3, -0.25) is 9.69 Å². The standard InChI is InChI=1S/C19H21N5O/c1-13(18-22-17-7-3-2-6-15(17)19(25)23-18)24-10-4-5-14(11-24)16-8-9-20-12-21-16/h2-3,6-9,12-14H,4-5,10-11H2,1H3,(H,22,23,25)/t13-,14-/m1/s1. The normalized spacial score (nSPS) is 19.8. The van der Waals surface area contributed by atoms with Crippen LogP contribution in [-0.4, -0.2) is 37.9 Å². The number of nitrogens with one attached hydrogen (secondary N) is 1. The van der Waals surface area contributed by atoms with Gasteiger partial charge >= 0.3 is 0 Å². The van der Waals surface area contributed by atoms with Crippen molar-refractivity contribution in [1.82, 2.24) is 24.8 Å². The lowest BCUT2D eigenvalue weighted by atomic mass is 9.93. The van der Waals surface area contributed by atoms with Gasteiger partial charge in [0.15, 0.2) is 0 Å². The van der Waals surface area contributed by atoms with E-state index in [2.05, 4.69) is 31.8 Å². The van der Waals surface area contributed by atoms with Crippen molar-refractivity contribution >= 4 is 10.9 Å². The van der Waals surface area contributed by atoms with Gasteiger partial charge in [-0.25, -0.2) is 15.0 Å². The minimum atomic E-state index is -0.0724. The Labute approximate surface area is 146 Å². The van der Waals surface area contributed by atoms with Crippen molar-refractivity contribution in [3.05, 3.63) is 64.7 Å². The lowest BCUT2D eigenvalue weighted by molar-refractivity contribution is 0.151. The van der Waals surface area contributed by atoms with Crippen LogP contribution in [0.1, 0.15) is 43.2 Å². The number of para-hydroxylation sites is 1. The first-order chi connectivity index (χ1) is 12.2. The van der Waals surface area contributed by atoms with Gasteiger partial charge in [0.1, 0.15) is 12.2 Å². The molecule has 1 aliphatic rings. The lowest BCUT2D eigenvalue weighted by Crippen LogP contribution is -2.37. The Bertz CT molecular complexity index is 924. The van der Waals surface area contributed by atoms with E-state index in [4.69, 9.17) is 0 Å². The van der Waals surface area contributed by atoms with Gasteiger partial charge in [0.2, 0.25) is 0 Å². The molecule has 6 heteroatoms. The maximum Gasteiger partial charge on any atom is 0.258 e. The Balaban J connectivity index is 1.60. The Morgan fingerprint density at radius 2 is 2.16 bits per heavy atom. The maximum absolute atomic E-state index is 12.3. The van der Waals surface area contributed by atoms with Gasteiger partial charge < -0.3 is 4.98 Å². The SMILES string of the molecule is C[C@H](c1nc2ccccc2c(=O)[nH]1)N1CCC[C@@H](c2ccncn2)C1. The van der Waals surface area contributed by atoms with Crippen LogP contribution in [-0.2, 0) is 0 Å². The minimum absolute atomic E-state index is 0.0574. The summed E-state index contributed by atoms with van der Waals surface area (Å²) in [7, 11) is 0. The van der Waals surface area contributed by atoms with Crippen LogP contribution in [0.15, 0.2) is 47.7 Å². The summed E-state index contributed by atoms with van der Waals surface area (Å²) in [6.45, 7) is 4.02. The summed E-state index contributed by atoms with van der Waals surface area (Å²) in [6.07, 6.45) is 5.64. The number of benzene rings is 1. The van der Waals surface area contributed by atoms with E-state index in [1.165, 1.54) is 0 Å². The van der Waals surface area contributed by atoms with Crippen LogP contribution >= 0.6 is 0 Å². The van der Waals surface area contributed by atoms with Gasteiger partial charge in [-0.2, -0.15) is 0 Å². The molecular formula is C19H21N5O. The molecule has 6 nitrogen and oxygen atoms in total. The summed E-state index contributed by atoms with van der Waals surface area (Å²) >= 11 is 0. The van der Waals surface area contributed by atoms with E-state index in [1.54, 1.807) is 12.5 Å². The molecule has 4 rings (SSSR count). The smallest absolute Gasteiger partial charge is 0.258 e. The van der Waals surface area contributed by atoms with Gasteiger partial charge in [0.05, 0.1) is 16.9 Å². The molecule has 0 bridgehead atoms. The monoisotopic (exact) mass is 335 g/mol. The third kappa shape index (κ3) is 3.17. The van der Waals surface area contributed by atoms with Gasteiger partial charge in [-0.05, 0) is 44.5 Å². The molecule has 128 valence electrons. The van der Waals surface area contributed by atoms with Crippen molar-refractivity contribution < 1.29 is 0 Å². The minimum Gasteiger partial charge on any atom is -0.309 e. The highest BCUT2D eigenvalue weighted by Crippen LogP contribution is 2.30. The number of piperidine rings is 1. The van der Waals surface area contributed by atoms with Gasteiger partial charge in [0.25, 0.3) is 5.56 Å². The predicted molar refractivity (Wildman–Crippen MR) is 96.4 cm³/mol. The molecule has 0 spiro atoms. The summed E-state index contributed by atoms with van der Waals surface area (Å²) in [6, 6.07) is 9.52. The molecule has 1 aromatic carbocycles. The Kier molecular flexibility index (Phi) is 4.28. The highest BCUT2D eigenvalue weighted by molar-refractivity contribution is 5.77. The molecular weight excluding hydrogens is 314 g/mol. The number of hydrogen-bond acceptors (Lipinski definition) is 5. The molecule has 1 N–H and O–H groups in total. The number of hydrogen-bond donors (Lipinski definition) is 1. The van der Waals surface area contributed by atoms with Gasteiger partial charge in [-0.1, -0.05) is 12.1 Å². The molecule has 0 amide bonds. The van der Waals surface area contributed by atoms with Gasteiger partial charge in [0, 0.05) is 24.4 Å². The molecule has 0 saturated carbocycles. The van der Waals surface area contributed by atoms with Crippen LogP contribution in [0.4, 0.5) is 0 Å². The fourth-order valence-corrected chi connectivity index (χ4v) is 3.62. The summed E-state index contributed by atoms with van der Waals surface area (Å²) in [4.78, 5) is 30.8. The number of fused-ring (bicyclic) bond motifs is 1. The van der Waals surface area contributed by atoms with Gasteiger partial charge in [-0.15, -0.1) is 0 Å². The van der Waals surface area contributed by atoms with E-state index in [0.29, 0.717) is 11.3 Å². The number of aromatic amines is 1. The fourth-order valence-electron chi connectivity index (χ4n) is 3.62. The first kappa shape index (κ1) is 15.9. The average Bonchev–Trinajstić information content (AvgIpc) is 2.68. The zero-order chi connectivity index (χ0) is 17.2. The molecule has 0 radical (unpaired) electrons. The van der Waals surface area contributed by atoms with E-state index in [1.807, 2.05) is 30.3 Å².